The Bertz CT molecular complexity index is 1190. The van der Waals surface area contributed by atoms with Crippen LogP contribution in [0.3, 0.4) is 0 Å². The number of anilines is 1. The summed E-state index contributed by atoms with van der Waals surface area (Å²) in [6.45, 7) is 0.399. The minimum absolute atomic E-state index is 0.0520. The van der Waals surface area contributed by atoms with Crippen LogP contribution in [0.2, 0.25) is 5.02 Å². The minimum atomic E-state index is -3.71. The number of ether oxygens (including phenoxy) is 1. The highest BCUT2D eigenvalue weighted by Crippen LogP contribution is 2.37. The van der Waals surface area contributed by atoms with Gasteiger partial charge in [-0.1, -0.05) is 23.7 Å². The molecule has 1 aromatic heterocycles. The normalized spacial score (nSPS) is 11.3. The van der Waals surface area contributed by atoms with Crippen molar-refractivity contribution in [1.82, 2.24) is 5.32 Å². The lowest BCUT2D eigenvalue weighted by atomic mass is 10.2. The first kappa shape index (κ1) is 21.5. The third kappa shape index (κ3) is 5.03. The van der Waals surface area contributed by atoms with Gasteiger partial charge < -0.3 is 15.4 Å². The number of hydrogen-bond acceptors (Lipinski definition) is 6. The van der Waals surface area contributed by atoms with Crippen molar-refractivity contribution in [1.29, 1.82) is 0 Å². The lowest BCUT2D eigenvalue weighted by Gasteiger charge is -2.11. The number of nitrogens with one attached hydrogen (secondary N) is 2. The van der Waals surface area contributed by atoms with Gasteiger partial charge in [0.1, 0.15) is 4.88 Å². The molecule has 0 saturated carbocycles. The number of benzene rings is 2. The predicted octanol–water partition coefficient (Wildman–Crippen LogP) is 3.48. The zero-order valence-electron chi connectivity index (χ0n) is 15.1. The van der Waals surface area contributed by atoms with Crippen molar-refractivity contribution in [3.8, 4) is 0 Å². The quantitative estimate of drug-likeness (QED) is 0.387. The molecular formula is C18H16ClN3O4S3. The van der Waals surface area contributed by atoms with Gasteiger partial charge in [-0.3, -0.25) is 0 Å². The van der Waals surface area contributed by atoms with Crippen molar-refractivity contribution in [2.24, 2.45) is 5.14 Å². The zero-order valence-corrected chi connectivity index (χ0v) is 18.3. The fourth-order valence-electron chi connectivity index (χ4n) is 2.52. The van der Waals surface area contributed by atoms with E-state index in [2.05, 4.69) is 10.6 Å². The van der Waals surface area contributed by atoms with E-state index in [1.807, 2.05) is 6.07 Å². The Morgan fingerprint density at radius 2 is 1.93 bits per heavy atom. The molecule has 0 atom stereocenters. The van der Waals surface area contributed by atoms with Crippen LogP contribution < -0.4 is 15.8 Å². The summed E-state index contributed by atoms with van der Waals surface area (Å²) in [5, 5.41) is 12.7. The number of sulfonamides is 1. The van der Waals surface area contributed by atoms with E-state index in [1.54, 1.807) is 24.3 Å². The van der Waals surface area contributed by atoms with Gasteiger partial charge in [0.15, 0.2) is 5.11 Å². The van der Waals surface area contributed by atoms with Crippen LogP contribution in [0, 0.1) is 0 Å². The van der Waals surface area contributed by atoms with E-state index >= 15 is 0 Å². The maximum Gasteiger partial charge on any atom is 0.349 e. The molecule has 0 bridgehead atoms. The van der Waals surface area contributed by atoms with Crippen LogP contribution in [0.25, 0.3) is 10.1 Å². The van der Waals surface area contributed by atoms with Crippen molar-refractivity contribution in [2.75, 3.05) is 12.4 Å². The third-order valence-electron chi connectivity index (χ3n) is 3.96. The van der Waals surface area contributed by atoms with Crippen LogP contribution in [0.5, 0.6) is 0 Å². The van der Waals surface area contributed by atoms with Crippen molar-refractivity contribution in [3.05, 3.63) is 57.9 Å². The topological polar surface area (TPSA) is 111 Å². The molecule has 3 aromatic rings. The van der Waals surface area contributed by atoms with Crippen molar-refractivity contribution >= 4 is 72.0 Å². The number of carbonyl (C=O) groups excluding carboxylic acids is 1. The van der Waals surface area contributed by atoms with Gasteiger partial charge in [-0.15, -0.1) is 11.3 Å². The second-order valence-electron chi connectivity index (χ2n) is 5.94. The largest absolute Gasteiger partial charge is 0.465 e. The van der Waals surface area contributed by atoms with Crippen molar-refractivity contribution in [2.45, 2.75) is 11.4 Å². The fraction of sp³-hybridized carbons (Fsp3) is 0.111. The molecule has 0 radical (unpaired) electrons. The van der Waals surface area contributed by atoms with E-state index in [0.717, 1.165) is 21.3 Å². The number of methoxy groups -OCH3 is 1. The van der Waals surface area contributed by atoms with E-state index in [0.29, 0.717) is 21.6 Å². The number of halogens is 1. The summed E-state index contributed by atoms with van der Waals surface area (Å²) in [4.78, 5) is 12.2. The highest BCUT2D eigenvalue weighted by molar-refractivity contribution is 7.89. The average molecular weight is 470 g/mol. The summed E-state index contributed by atoms with van der Waals surface area (Å²) >= 11 is 12.8. The number of esters is 1. The van der Waals surface area contributed by atoms with Gasteiger partial charge in [0.25, 0.3) is 0 Å². The molecule has 0 saturated heterocycles. The molecule has 7 nitrogen and oxygen atoms in total. The SMILES string of the molecule is COC(=O)c1sc2cc(NC(=S)NCc3ccc(S(N)(=O)=O)cc3)ccc2c1Cl. The minimum Gasteiger partial charge on any atom is -0.465 e. The molecule has 2 aromatic carbocycles. The van der Waals surface area contributed by atoms with Gasteiger partial charge in [-0.2, -0.15) is 0 Å². The van der Waals surface area contributed by atoms with E-state index in [9.17, 15) is 13.2 Å². The Morgan fingerprint density at radius 3 is 2.55 bits per heavy atom. The van der Waals surface area contributed by atoms with E-state index in [-0.39, 0.29) is 4.90 Å². The summed E-state index contributed by atoms with van der Waals surface area (Å²) in [7, 11) is -2.41. The first-order valence-corrected chi connectivity index (χ1v) is 11.3. The number of hydrogen-bond donors (Lipinski definition) is 3. The Kier molecular flexibility index (Phi) is 6.39. The van der Waals surface area contributed by atoms with Crippen molar-refractivity contribution < 1.29 is 17.9 Å². The number of fused-ring (bicyclic) bond motifs is 1. The van der Waals surface area contributed by atoms with Gasteiger partial charge in [0, 0.05) is 22.3 Å². The third-order valence-corrected chi connectivity index (χ3v) is 6.78. The molecule has 4 N–H and O–H groups in total. The van der Waals surface area contributed by atoms with Crippen LogP contribution >= 0.6 is 35.2 Å². The van der Waals surface area contributed by atoms with Gasteiger partial charge in [-0.25, -0.2) is 18.4 Å². The van der Waals surface area contributed by atoms with Gasteiger partial charge >= 0.3 is 5.97 Å². The molecule has 11 heteroatoms. The molecule has 0 unspecified atom stereocenters. The van der Waals surface area contributed by atoms with Crippen LogP contribution in [0.4, 0.5) is 5.69 Å². The number of primary sulfonamides is 1. The summed E-state index contributed by atoms with van der Waals surface area (Å²) in [5.41, 5.74) is 1.57. The number of thiocarbonyl (C=S) groups is 1. The summed E-state index contributed by atoms with van der Waals surface area (Å²) in [6.07, 6.45) is 0. The standard InChI is InChI=1S/C18H16ClN3O4S3/c1-26-17(23)16-15(19)13-7-4-11(8-14(13)28-16)22-18(27)21-9-10-2-5-12(6-3-10)29(20,24)25/h2-8H,9H2,1H3,(H2,20,24,25)(H2,21,22,27). The molecular weight excluding hydrogens is 454 g/mol. The lowest BCUT2D eigenvalue weighted by Crippen LogP contribution is -2.27. The highest BCUT2D eigenvalue weighted by atomic mass is 35.5. The molecule has 0 amide bonds. The van der Waals surface area contributed by atoms with Gasteiger partial charge in [-0.05, 0) is 48.1 Å². The second-order valence-corrected chi connectivity index (χ2v) is 9.34. The number of nitrogens with two attached hydrogens (primary N) is 1. The number of rotatable bonds is 5. The Balaban J connectivity index is 1.66. The highest BCUT2D eigenvalue weighted by Gasteiger charge is 2.17. The predicted molar refractivity (Wildman–Crippen MR) is 119 cm³/mol. The molecule has 29 heavy (non-hydrogen) atoms. The first-order valence-electron chi connectivity index (χ1n) is 8.16. The van der Waals surface area contributed by atoms with E-state index in [4.69, 9.17) is 33.7 Å². The zero-order chi connectivity index (χ0) is 21.2. The number of thiophene rings is 1. The summed E-state index contributed by atoms with van der Waals surface area (Å²) < 4.78 is 28.1. The van der Waals surface area contributed by atoms with Crippen LogP contribution in [-0.2, 0) is 21.3 Å². The average Bonchev–Trinajstić information content (AvgIpc) is 3.01. The van der Waals surface area contributed by atoms with E-state index in [1.165, 1.54) is 30.6 Å². The van der Waals surface area contributed by atoms with Gasteiger partial charge in [0.2, 0.25) is 10.0 Å². The van der Waals surface area contributed by atoms with Crippen LogP contribution in [-0.4, -0.2) is 26.6 Å². The molecule has 0 spiro atoms. The van der Waals surface area contributed by atoms with E-state index < -0.39 is 16.0 Å². The summed E-state index contributed by atoms with van der Waals surface area (Å²) in [5.74, 6) is -0.476. The molecule has 152 valence electrons. The lowest BCUT2D eigenvalue weighted by molar-refractivity contribution is 0.0606. The Morgan fingerprint density at radius 1 is 1.24 bits per heavy atom. The van der Waals surface area contributed by atoms with Gasteiger partial charge in [0.05, 0.1) is 17.0 Å². The second kappa shape index (κ2) is 8.64. The molecule has 0 aliphatic heterocycles. The fourth-order valence-corrected chi connectivity index (χ4v) is 4.69. The smallest absolute Gasteiger partial charge is 0.349 e. The van der Waals surface area contributed by atoms with Crippen molar-refractivity contribution in [3.63, 3.8) is 0 Å². The Hall–Kier alpha value is -2.24. The molecule has 1 heterocycles. The molecule has 0 fully saturated rings. The monoisotopic (exact) mass is 469 g/mol. The summed E-state index contributed by atoms with van der Waals surface area (Å²) in [6, 6.07) is 11.6. The number of carbonyl (C=O) groups is 1. The first-order chi connectivity index (χ1) is 13.7. The van der Waals surface area contributed by atoms with Crippen LogP contribution in [0.1, 0.15) is 15.2 Å². The maximum atomic E-state index is 11.8. The maximum absolute atomic E-state index is 11.8. The Labute approximate surface area is 181 Å². The molecule has 0 aliphatic rings. The molecule has 0 aliphatic carbocycles. The van der Waals surface area contributed by atoms with Crippen LogP contribution in [0.15, 0.2) is 47.4 Å². The molecule has 3 rings (SSSR count).